The highest BCUT2D eigenvalue weighted by Gasteiger charge is 2.13. The Morgan fingerprint density at radius 3 is 2.94 bits per heavy atom. The fourth-order valence-electron chi connectivity index (χ4n) is 1.24. The molecule has 17 heavy (non-hydrogen) atoms. The van der Waals surface area contributed by atoms with Gasteiger partial charge >= 0.3 is 0 Å². The molecule has 2 aromatic rings. The maximum Gasteiger partial charge on any atom is 0.253 e. The molecule has 0 aliphatic carbocycles. The lowest BCUT2D eigenvalue weighted by atomic mass is 10.3. The maximum atomic E-state index is 11.8. The number of hydrogen-bond donors (Lipinski definition) is 2. The number of amides is 1. The van der Waals surface area contributed by atoms with Crippen molar-refractivity contribution in [1.29, 1.82) is 0 Å². The predicted molar refractivity (Wildman–Crippen MR) is 72.1 cm³/mol. The van der Waals surface area contributed by atoms with E-state index >= 15 is 0 Å². The average Bonchev–Trinajstić information content (AvgIpc) is 2.88. The van der Waals surface area contributed by atoms with Gasteiger partial charge in [-0.15, -0.1) is 11.3 Å². The average molecular weight is 380 g/mol. The summed E-state index contributed by atoms with van der Waals surface area (Å²) in [6.07, 6.45) is 2.08. The number of nitrogens with one attached hydrogen (secondary N) is 2. The topological polar surface area (TPSA) is 70.7 Å². The van der Waals surface area contributed by atoms with Crippen LogP contribution in [0.4, 0.5) is 0 Å². The molecular weight excluding hydrogens is 372 g/mol. The van der Waals surface area contributed by atoms with Gasteiger partial charge in [-0.2, -0.15) is 5.10 Å². The van der Waals surface area contributed by atoms with Crippen LogP contribution in [0, 0.1) is 0 Å². The molecule has 0 aliphatic heterocycles. The summed E-state index contributed by atoms with van der Waals surface area (Å²) in [5, 5.41) is 9.29. The molecule has 0 saturated carbocycles. The van der Waals surface area contributed by atoms with Crippen LogP contribution in [-0.2, 0) is 6.42 Å². The van der Waals surface area contributed by atoms with Crippen LogP contribution in [0.25, 0.3) is 0 Å². The number of aromatic nitrogens is 3. The lowest BCUT2D eigenvalue weighted by molar-refractivity contribution is 0.0953. The Bertz CT molecular complexity index is 511. The molecule has 2 N–H and O–H groups in total. The van der Waals surface area contributed by atoms with Gasteiger partial charge in [0.25, 0.3) is 5.91 Å². The highest BCUT2D eigenvalue weighted by molar-refractivity contribution is 9.12. The Balaban J connectivity index is 1.87. The molecule has 0 spiro atoms. The standard InChI is InChI=1S/C9H8Br2N4OS/c10-6-3-5(8(11)17-6)9(16)12-2-1-7-13-4-14-15-7/h3-4H,1-2H2,(H,12,16)(H,13,14,15). The van der Waals surface area contributed by atoms with E-state index in [1.165, 1.54) is 17.7 Å². The van der Waals surface area contributed by atoms with Crippen molar-refractivity contribution in [2.45, 2.75) is 6.42 Å². The zero-order chi connectivity index (χ0) is 12.3. The van der Waals surface area contributed by atoms with Gasteiger partial charge in [-0.05, 0) is 37.9 Å². The number of H-pyrrole nitrogens is 1. The summed E-state index contributed by atoms with van der Waals surface area (Å²) in [6, 6.07) is 1.79. The monoisotopic (exact) mass is 378 g/mol. The van der Waals surface area contributed by atoms with Gasteiger partial charge in [0.05, 0.1) is 13.1 Å². The minimum absolute atomic E-state index is 0.0988. The Hall–Kier alpha value is -0.730. The molecule has 2 aromatic heterocycles. The first-order chi connectivity index (χ1) is 8.16. The van der Waals surface area contributed by atoms with Crippen LogP contribution in [0.3, 0.4) is 0 Å². The highest BCUT2D eigenvalue weighted by Crippen LogP contribution is 2.31. The van der Waals surface area contributed by atoms with Crippen LogP contribution in [-0.4, -0.2) is 27.6 Å². The van der Waals surface area contributed by atoms with E-state index in [4.69, 9.17) is 0 Å². The molecule has 0 radical (unpaired) electrons. The zero-order valence-electron chi connectivity index (χ0n) is 8.54. The van der Waals surface area contributed by atoms with Gasteiger partial charge < -0.3 is 5.32 Å². The van der Waals surface area contributed by atoms with Crippen molar-refractivity contribution < 1.29 is 4.79 Å². The van der Waals surface area contributed by atoms with Crippen LogP contribution in [0.1, 0.15) is 16.2 Å². The summed E-state index contributed by atoms with van der Waals surface area (Å²) in [5.74, 6) is 0.661. The molecule has 8 heteroatoms. The Kier molecular flexibility index (Phi) is 4.30. The molecule has 0 fully saturated rings. The quantitative estimate of drug-likeness (QED) is 0.856. The van der Waals surface area contributed by atoms with Crippen molar-refractivity contribution in [2.24, 2.45) is 0 Å². The molecule has 90 valence electrons. The van der Waals surface area contributed by atoms with Gasteiger partial charge in [0.15, 0.2) is 0 Å². The smallest absolute Gasteiger partial charge is 0.253 e. The van der Waals surface area contributed by atoms with Gasteiger partial charge in [0.1, 0.15) is 12.2 Å². The second kappa shape index (κ2) is 5.74. The second-order valence-corrected chi connectivity index (χ2v) is 6.93. The molecule has 2 heterocycles. The van der Waals surface area contributed by atoms with Crippen molar-refractivity contribution >= 4 is 49.1 Å². The number of carbonyl (C=O) groups excluding carboxylic acids is 1. The molecule has 1 amide bonds. The predicted octanol–water partition coefficient (Wildman–Crippen LogP) is 2.36. The second-order valence-electron chi connectivity index (χ2n) is 3.18. The summed E-state index contributed by atoms with van der Waals surface area (Å²) >= 11 is 8.16. The van der Waals surface area contributed by atoms with E-state index in [-0.39, 0.29) is 5.91 Å². The Labute approximate surface area is 118 Å². The lowest BCUT2D eigenvalue weighted by Gasteiger charge is -2.02. The van der Waals surface area contributed by atoms with E-state index in [1.807, 2.05) is 0 Å². The van der Waals surface area contributed by atoms with Crippen molar-refractivity contribution in [3.63, 3.8) is 0 Å². The van der Waals surface area contributed by atoms with E-state index in [1.54, 1.807) is 6.07 Å². The molecule has 0 bridgehead atoms. The van der Waals surface area contributed by atoms with Gasteiger partial charge in [0.2, 0.25) is 0 Å². The largest absolute Gasteiger partial charge is 0.352 e. The number of hydrogen-bond acceptors (Lipinski definition) is 4. The molecule has 5 nitrogen and oxygen atoms in total. The first-order valence-corrected chi connectivity index (χ1v) is 7.14. The van der Waals surface area contributed by atoms with Crippen molar-refractivity contribution in [3.8, 4) is 0 Å². The van der Waals surface area contributed by atoms with Gasteiger partial charge in [-0.1, -0.05) is 0 Å². The molecular formula is C9H8Br2N4OS. The third-order valence-corrected chi connectivity index (χ3v) is 4.35. The summed E-state index contributed by atoms with van der Waals surface area (Å²) in [7, 11) is 0. The molecule has 2 rings (SSSR count). The van der Waals surface area contributed by atoms with Crippen LogP contribution >= 0.6 is 43.2 Å². The van der Waals surface area contributed by atoms with Crippen LogP contribution in [0.2, 0.25) is 0 Å². The molecule has 0 unspecified atom stereocenters. The zero-order valence-corrected chi connectivity index (χ0v) is 12.5. The Morgan fingerprint density at radius 2 is 2.35 bits per heavy atom. The van der Waals surface area contributed by atoms with E-state index in [2.05, 4.69) is 52.4 Å². The normalized spacial score (nSPS) is 10.5. The first kappa shape index (κ1) is 12.7. The fourth-order valence-corrected chi connectivity index (χ4v) is 4.03. The molecule has 0 atom stereocenters. The molecule has 0 aliphatic rings. The third kappa shape index (κ3) is 3.36. The number of rotatable bonds is 4. The minimum atomic E-state index is -0.0988. The highest BCUT2D eigenvalue weighted by atomic mass is 79.9. The van der Waals surface area contributed by atoms with Crippen molar-refractivity contribution in [2.75, 3.05) is 6.54 Å². The lowest BCUT2D eigenvalue weighted by Crippen LogP contribution is -2.25. The summed E-state index contributed by atoms with van der Waals surface area (Å²) in [6.45, 7) is 0.522. The maximum absolute atomic E-state index is 11.8. The minimum Gasteiger partial charge on any atom is -0.352 e. The third-order valence-electron chi connectivity index (χ3n) is 2.01. The number of aromatic amines is 1. The fraction of sp³-hybridized carbons (Fsp3) is 0.222. The van der Waals surface area contributed by atoms with Gasteiger partial charge in [0, 0.05) is 13.0 Å². The van der Waals surface area contributed by atoms with Crippen molar-refractivity contribution in [1.82, 2.24) is 20.5 Å². The SMILES string of the molecule is O=C(NCCc1ncn[nH]1)c1cc(Br)sc1Br. The number of nitrogens with zero attached hydrogens (tertiary/aromatic N) is 2. The van der Waals surface area contributed by atoms with E-state index in [9.17, 15) is 4.79 Å². The summed E-state index contributed by atoms with van der Waals surface area (Å²) in [5.41, 5.74) is 0.638. The van der Waals surface area contributed by atoms with Crippen LogP contribution in [0.15, 0.2) is 20.0 Å². The molecule has 0 saturated heterocycles. The number of halogens is 2. The number of carbonyl (C=O) groups is 1. The van der Waals surface area contributed by atoms with E-state index in [0.29, 0.717) is 18.5 Å². The van der Waals surface area contributed by atoms with E-state index in [0.717, 1.165) is 13.4 Å². The van der Waals surface area contributed by atoms with E-state index < -0.39 is 0 Å². The Morgan fingerprint density at radius 1 is 1.53 bits per heavy atom. The first-order valence-electron chi connectivity index (χ1n) is 4.74. The number of thiophene rings is 1. The van der Waals surface area contributed by atoms with Crippen molar-refractivity contribution in [3.05, 3.63) is 31.4 Å². The summed E-state index contributed by atoms with van der Waals surface area (Å²) < 4.78 is 1.74. The summed E-state index contributed by atoms with van der Waals surface area (Å²) in [4.78, 5) is 15.8. The molecule has 0 aromatic carbocycles. The van der Waals surface area contributed by atoms with Crippen LogP contribution in [0.5, 0.6) is 0 Å². The van der Waals surface area contributed by atoms with Crippen LogP contribution < -0.4 is 5.32 Å². The van der Waals surface area contributed by atoms with Gasteiger partial charge in [-0.3, -0.25) is 9.89 Å². The van der Waals surface area contributed by atoms with Gasteiger partial charge in [-0.25, -0.2) is 4.98 Å².